The standard InChI is InChI=1S/C16H22N4O2S/c1-12-10-20(13(2)18-12)15-6-7-17-16(9-15)14-5-4-8-19(11-14)23(3,21)22/h6-7,9-10,14H,4-5,8,11H2,1-3H3. The molecular formula is C16H22N4O2S. The SMILES string of the molecule is Cc1cn(-c2ccnc(C3CCCN(S(C)(=O)=O)C3)c2)c(C)n1. The van der Waals surface area contributed by atoms with Crippen LogP contribution in [0, 0.1) is 13.8 Å². The van der Waals surface area contributed by atoms with E-state index in [4.69, 9.17) is 0 Å². The molecule has 3 heterocycles. The van der Waals surface area contributed by atoms with Crippen molar-refractivity contribution in [2.45, 2.75) is 32.6 Å². The lowest BCUT2D eigenvalue weighted by molar-refractivity contribution is 0.314. The maximum atomic E-state index is 11.8. The molecule has 0 bridgehead atoms. The lowest BCUT2D eigenvalue weighted by atomic mass is 9.95. The van der Waals surface area contributed by atoms with Crippen LogP contribution < -0.4 is 0 Å². The van der Waals surface area contributed by atoms with Crippen molar-refractivity contribution in [2.75, 3.05) is 19.3 Å². The highest BCUT2D eigenvalue weighted by atomic mass is 32.2. The molecule has 1 aliphatic rings. The van der Waals surface area contributed by atoms with Crippen molar-refractivity contribution >= 4 is 10.0 Å². The highest BCUT2D eigenvalue weighted by Gasteiger charge is 2.27. The number of pyridine rings is 1. The molecule has 1 fully saturated rings. The number of hydrogen-bond acceptors (Lipinski definition) is 4. The summed E-state index contributed by atoms with van der Waals surface area (Å²) < 4.78 is 27.2. The molecule has 1 saturated heterocycles. The van der Waals surface area contributed by atoms with Gasteiger partial charge in [0.2, 0.25) is 10.0 Å². The Morgan fingerprint density at radius 1 is 1.30 bits per heavy atom. The van der Waals surface area contributed by atoms with Gasteiger partial charge in [-0.25, -0.2) is 17.7 Å². The van der Waals surface area contributed by atoms with Gasteiger partial charge in [0.1, 0.15) is 5.82 Å². The minimum absolute atomic E-state index is 0.142. The number of rotatable bonds is 3. The Bertz CT molecular complexity index is 813. The van der Waals surface area contributed by atoms with Crippen LogP contribution in [-0.4, -0.2) is 46.6 Å². The van der Waals surface area contributed by atoms with Gasteiger partial charge in [-0.1, -0.05) is 0 Å². The Labute approximate surface area is 137 Å². The highest BCUT2D eigenvalue weighted by Crippen LogP contribution is 2.28. The third-order valence-corrected chi connectivity index (χ3v) is 5.59. The molecule has 0 aromatic carbocycles. The summed E-state index contributed by atoms with van der Waals surface area (Å²) in [6, 6.07) is 4.00. The van der Waals surface area contributed by atoms with Gasteiger partial charge in [0.05, 0.1) is 17.6 Å². The number of aromatic nitrogens is 3. The molecule has 124 valence electrons. The number of sulfonamides is 1. The van der Waals surface area contributed by atoms with Gasteiger partial charge in [0, 0.05) is 37.1 Å². The van der Waals surface area contributed by atoms with Gasteiger partial charge < -0.3 is 4.57 Å². The van der Waals surface area contributed by atoms with Crippen LogP contribution in [0.5, 0.6) is 0 Å². The number of nitrogens with zero attached hydrogens (tertiary/aromatic N) is 4. The summed E-state index contributed by atoms with van der Waals surface area (Å²) >= 11 is 0. The summed E-state index contributed by atoms with van der Waals surface area (Å²) in [6.07, 6.45) is 6.89. The van der Waals surface area contributed by atoms with Crippen LogP contribution >= 0.6 is 0 Å². The van der Waals surface area contributed by atoms with Crippen molar-refractivity contribution < 1.29 is 8.42 Å². The van der Waals surface area contributed by atoms with Crippen molar-refractivity contribution in [3.8, 4) is 5.69 Å². The third-order valence-electron chi connectivity index (χ3n) is 4.32. The van der Waals surface area contributed by atoms with Crippen LogP contribution in [-0.2, 0) is 10.0 Å². The van der Waals surface area contributed by atoms with E-state index < -0.39 is 10.0 Å². The van der Waals surface area contributed by atoms with Crippen molar-refractivity contribution in [1.82, 2.24) is 18.8 Å². The first-order chi connectivity index (χ1) is 10.8. The quantitative estimate of drug-likeness (QED) is 0.861. The molecule has 2 aromatic rings. The molecule has 3 rings (SSSR count). The van der Waals surface area contributed by atoms with E-state index in [1.54, 1.807) is 10.5 Å². The zero-order valence-electron chi connectivity index (χ0n) is 13.7. The minimum atomic E-state index is -3.14. The maximum absolute atomic E-state index is 11.8. The Morgan fingerprint density at radius 2 is 2.09 bits per heavy atom. The van der Waals surface area contributed by atoms with Crippen molar-refractivity contribution in [3.63, 3.8) is 0 Å². The average molecular weight is 334 g/mol. The monoisotopic (exact) mass is 334 g/mol. The first kappa shape index (κ1) is 16.1. The zero-order valence-corrected chi connectivity index (χ0v) is 14.5. The Hall–Kier alpha value is -1.73. The van der Waals surface area contributed by atoms with Gasteiger partial charge in [-0.2, -0.15) is 0 Å². The van der Waals surface area contributed by atoms with Gasteiger partial charge in [-0.05, 0) is 38.8 Å². The lowest BCUT2D eigenvalue weighted by Crippen LogP contribution is -2.38. The Morgan fingerprint density at radius 3 is 2.74 bits per heavy atom. The van der Waals surface area contributed by atoms with E-state index in [9.17, 15) is 8.42 Å². The van der Waals surface area contributed by atoms with E-state index in [1.165, 1.54) is 6.26 Å². The van der Waals surface area contributed by atoms with Crippen LogP contribution in [0.25, 0.3) is 5.69 Å². The number of imidazole rings is 1. The summed E-state index contributed by atoms with van der Waals surface area (Å²) in [5, 5.41) is 0. The molecule has 7 heteroatoms. The first-order valence-electron chi connectivity index (χ1n) is 7.78. The van der Waals surface area contributed by atoms with Crippen LogP contribution in [0.4, 0.5) is 0 Å². The van der Waals surface area contributed by atoms with Crippen LogP contribution in [0.15, 0.2) is 24.5 Å². The van der Waals surface area contributed by atoms with E-state index in [0.29, 0.717) is 13.1 Å². The third kappa shape index (κ3) is 3.45. The lowest BCUT2D eigenvalue weighted by Gasteiger charge is -2.30. The smallest absolute Gasteiger partial charge is 0.211 e. The predicted octanol–water partition coefficient (Wildman–Crippen LogP) is 2.02. The summed E-state index contributed by atoms with van der Waals surface area (Å²) in [6.45, 7) is 5.06. The molecule has 0 saturated carbocycles. The second kappa shape index (κ2) is 6.05. The van der Waals surface area contributed by atoms with Gasteiger partial charge in [0.15, 0.2) is 0 Å². The van der Waals surface area contributed by atoms with Crippen LogP contribution in [0.3, 0.4) is 0 Å². The predicted molar refractivity (Wildman–Crippen MR) is 89.2 cm³/mol. The average Bonchev–Trinajstić information content (AvgIpc) is 2.85. The van der Waals surface area contributed by atoms with Gasteiger partial charge in [-0.3, -0.25) is 4.98 Å². The summed E-state index contributed by atoms with van der Waals surface area (Å²) in [4.78, 5) is 8.92. The van der Waals surface area contributed by atoms with E-state index in [2.05, 4.69) is 9.97 Å². The number of hydrogen-bond donors (Lipinski definition) is 0. The van der Waals surface area contributed by atoms with E-state index in [1.807, 2.05) is 36.7 Å². The van der Waals surface area contributed by atoms with Crippen molar-refractivity contribution in [3.05, 3.63) is 41.7 Å². The molecule has 1 atom stereocenters. The molecule has 1 unspecified atom stereocenters. The molecule has 0 radical (unpaired) electrons. The Kier molecular flexibility index (Phi) is 4.25. The molecular weight excluding hydrogens is 312 g/mol. The Balaban J connectivity index is 1.89. The number of piperidine rings is 1. The molecule has 6 nitrogen and oxygen atoms in total. The van der Waals surface area contributed by atoms with E-state index >= 15 is 0 Å². The van der Waals surface area contributed by atoms with Gasteiger partial charge >= 0.3 is 0 Å². The molecule has 0 N–H and O–H groups in total. The molecule has 23 heavy (non-hydrogen) atoms. The van der Waals surface area contributed by atoms with Gasteiger partial charge in [0.25, 0.3) is 0 Å². The normalized spacial score (nSPS) is 19.9. The zero-order chi connectivity index (χ0) is 16.6. The van der Waals surface area contributed by atoms with E-state index in [-0.39, 0.29) is 5.92 Å². The fourth-order valence-electron chi connectivity index (χ4n) is 3.17. The minimum Gasteiger partial charge on any atom is -0.304 e. The van der Waals surface area contributed by atoms with Crippen molar-refractivity contribution in [2.24, 2.45) is 0 Å². The topological polar surface area (TPSA) is 68.1 Å². The van der Waals surface area contributed by atoms with E-state index in [0.717, 1.165) is 35.7 Å². The molecule has 1 aliphatic heterocycles. The summed E-state index contributed by atoms with van der Waals surface area (Å²) in [7, 11) is -3.14. The van der Waals surface area contributed by atoms with Crippen molar-refractivity contribution in [1.29, 1.82) is 0 Å². The largest absolute Gasteiger partial charge is 0.304 e. The fraction of sp³-hybridized carbons (Fsp3) is 0.500. The summed E-state index contributed by atoms with van der Waals surface area (Å²) in [5.74, 6) is 1.07. The van der Waals surface area contributed by atoms with Crippen LogP contribution in [0.2, 0.25) is 0 Å². The number of aryl methyl sites for hydroxylation is 2. The van der Waals surface area contributed by atoms with Crippen LogP contribution in [0.1, 0.15) is 36.0 Å². The second-order valence-corrected chi connectivity index (χ2v) is 8.18. The highest BCUT2D eigenvalue weighted by molar-refractivity contribution is 7.88. The fourth-order valence-corrected chi connectivity index (χ4v) is 4.09. The maximum Gasteiger partial charge on any atom is 0.211 e. The molecule has 0 spiro atoms. The second-order valence-electron chi connectivity index (χ2n) is 6.20. The molecule has 2 aromatic heterocycles. The molecule has 0 amide bonds. The molecule has 0 aliphatic carbocycles. The summed E-state index contributed by atoms with van der Waals surface area (Å²) in [5.41, 5.74) is 2.94. The first-order valence-corrected chi connectivity index (χ1v) is 9.63. The van der Waals surface area contributed by atoms with Gasteiger partial charge in [-0.15, -0.1) is 0 Å².